The molecule has 0 atom stereocenters. The molecule has 0 unspecified atom stereocenters. The van der Waals surface area contributed by atoms with E-state index in [0.29, 0.717) is 5.70 Å². The Morgan fingerprint density at radius 2 is 1.73 bits per heavy atom. The van der Waals surface area contributed by atoms with Crippen molar-refractivity contribution in [1.29, 1.82) is 0 Å². The van der Waals surface area contributed by atoms with Crippen molar-refractivity contribution in [2.75, 3.05) is 11.9 Å². The van der Waals surface area contributed by atoms with Crippen LogP contribution in [0.25, 0.3) is 11.4 Å². The van der Waals surface area contributed by atoms with E-state index in [0.717, 1.165) is 34.6 Å². The fraction of sp³-hybridized carbons (Fsp3) is 0.118. The molecule has 0 aliphatic carbocycles. The van der Waals surface area contributed by atoms with E-state index in [2.05, 4.69) is 25.9 Å². The Kier molecular flexibility index (Phi) is 3.88. The summed E-state index contributed by atoms with van der Waals surface area (Å²) in [6.45, 7) is 0.735. The van der Waals surface area contributed by atoms with E-state index >= 15 is 0 Å². The van der Waals surface area contributed by atoms with E-state index in [1.165, 1.54) is 0 Å². The summed E-state index contributed by atoms with van der Waals surface area (Å²) < 4.78 is 0. The quantitative estimate of drug-likeness (QED) is 0.508. The zero-order valence-corrected chi connectivity index (χ0v) is 13.5. The van der Waals surface area contributed by atoms with Gasteiger partial charge in [0, 0.05) is 30.6 Å². The third-order valence-electron chi connectivity index (χ3n) is 3.88. The molecule has 4 N–H and O–H groups in total. The number of nitrogens with two attached hydrogens (primary N) is 2. The van der Waals surface area contributed by atoms with Crippen LogP contribution in [0.15, 0.2) is 48.5 Å². The number of hydrogen-bond acceptors (Lipinski definition) is 3. The van der Waals surface area contributed by atoms with Crippen LogP contribution in [0.1, 0.15) is 16.7 Å². The van der Waals surface area contributed by atoms with Crippen LogP contribution in [-0.4, -0.2) is 18.0 Å². The predicted molar refractivity (Wildman–Crippen MR) is 96.4 cm³/mol. The number of rotatable bonds is 2. The number of anilines is 1. The summed E-state index contributed by atoms with van der Waals surface area (Å²) in [4.78, 5) is 2.14. The third kappa shape index (κ3) is 2.37. The normalized spacial score (nSPS) is 17.1. The van der Waals surface area contributed by atoms with Gasteiger partial charge in [0.15, 0.2) is 0 Å². The van der Waals surface area contributed by atoms with Gasteiger partial charge in [-0.1, -0.05) is 42.5 Å². The third-order valence-corrected chi connectivity index (χ3v) is 4.19. The van der Waals surface area contributed by atoms with Gasteiger partial charge in [0.05, 0.1) is 17.1 Å². The lowest BCUT2D eigenvalue weighted by molar-refractivity contribution is 0.511. The van der Waals surface area contributed by atoms with Gasteiger partial charge in [-0.3, -0.25) is 0 Å². The first-order chi connectivity index (χ1) is 10.6. The van der Waals surface area contributed by atoms with E-state index in [1.807, 2.05) is 49.4 Å². The molecule has 0 radical (unpaired) electrons. The number of benzene rings is 2. The second-order valence-corrected chi connectivity index (χ2v) is 5.56. The summed E-state index contributed by atoms with van der Waals surface area (Å²) >= 11 is 0. The first-order valence-corrected chi connectivity index (χ1v) is 7.64. The summed E-state index contributed by atoms with van der Waals surface area (Å²) in [5, 5.41) is 1.59. The molecule has 112 valence electrons. The molecule has 1 heterocycles. The van der Waals surface area contributed by atoms with Crippen LogP contribution in [0.3, 0.4) is 0 Å². The van der Waals surface area contributed by atoms with E-state index < -0.39 is 0 Å². The van der Waals surface area contributed by atoms with Crippen molar-refractivity contribution < 1.29 is 0 Å². The Labute approximate surface area is 132 Å². The van der Waals surface area contributed by atoms with Gasteiger partial charge in [-0.05, 0) is 11.6 Å². The minimum Gasteiger partial charge on any atom is -0.396 e. The van der Waals surface area contributed by atoms with E-state index in [-0.39, 0.29) is 0 Å². The van der Waals surface area contributed by atoms with Crippen LogP contribution in [0, 0.1) is 0 Å². The lowest BCUT2D eigenvalue weighted by Crippen LogP contribution is -2.30. The highest BCUT2D eigenvalue weighted by molar-refractivity contribution is 7.18. The van der Waals surface area contributed by atoms with Crippen molar-refractivity contribution in [1.82, 2.24) is 5.01 Å². The molecule has 0 bridgehead atoms. The minimum absolute atomic E-state index is 0.696. The predicted octanol–water partition coefficient (Wildman–Crippen LogP) is 2.50. The highest BCUT2D eigenvalue weighted by Crippen LogP contribution is 2.35. The standard InChI is InChI=1S/C17H19N4P/c1-20(19)17-14-8-4-5-9-15(14)21(11-22)10-12-6-2-3-7-13(12)16(17)18/h2-9,11,22H,10,18-19H2,1H3/b17-16-. The zero-order chi connectivity index (χ0) is 15.7. The maximum absolute atomic E-state index is 6.48. The van der Waals surface area contributed by atoms with Gasteiger partial charge in [-0.25, -0.2) is 5.84 Å². The van der Waals surface area contributed by atoms with Crippen LogP contribution in [0.5, 0.6) is 0 Å². The lowest BCUT2D eigenvalue weighted by Gasteiger charge is -2.31. The molecule has 1 aliphatic heterocycles. The van der Waals surface area contributed by atoms with Gasteiger partial charge in [-0.15, -0.1) is 8.86 Å². The second-order valence-electron chi connectivity index (χ2n) is 5.30. The summed E-state index contributed by atoms with van der Waals surface area (Å²) in [5.74, 6) is 7.99. The van der Waals surface area contributed by atoms with Crippen LogP contribution in [0.4, 0.5) is 5.69 Å². The van der Waals surface area contributed by atoms with Crippen molar-refractivity contribution in [2.24, 2.45) is 11.6 Å². The Morgan fingerprint density at radius 1 is 1.09 bits per heavy atom. The molecular weight excluding hydrogens is 291 g/mol. The smallest absolute Gasteiger partial charge is 0.0843 e. The fourth-order valence-electron chi connectivity index (χ4n) is 2.88. The average Bonchev–Trinajstić information content (AvgIpc) is 2.52. The first kappa shape index (κ1) is 14.6. The maximum Gasteiger partial charge on any atom is 0.0843 e. The van der Waals surface area contributed by atoms with Crippen molar-refractivity contribution >= 4 is 31.9 Å². The van der Waals surface area contributed by atoms with Crippen molar-refractivity contribution in [3.63, 3.8) is 0 Å². The Morgan fingerprint density at radius 3 is 2.41 bits per heavy atom. The van der Waals surface area contributed by atoms with Crippen molar-refractivity contribution in [3.8, 4) is 0 Å². The highest BCUT2D eigenvalue weighted by Gasteiger charge is 2.22. The van der Waals surface area contributed by atoms with E-state index in [1.54, 1.807) is 5.01 Å². The van der Waals surface area contributed by atoms with Gasteiger partial charge >= 0.3 is 0 Å². The van der Waals surface area contributed by atoms with Crippen LogP contribution in [-0.2, 0) is 6.54 Å². The number of para-hydroxylation sites is 1. The molecule has 0 aromatic heterocycles. The SMILES string of the molecule is CN(N)/C1=C(\N)c2ccccc2CN(C=P)c2ccccc21. The molecule has 0 amide bonds. The fourth-order valence-corrected chi connectivity index (χ4v) is 3.11. The minimum atomic E-state index is 0.696. The summed E-state index contributed by atoms with van der Waals surface area (Å²) in [5.41, 5.74) is 12.2. The molecule has 0 spiro atoms. The molecular formula is C17H19N4P. The molecule has 2 aromatic carbocycles. The Hall–Kier alpha value is -2.29. The van der Waals surface area contributed by atoms with E-state index in [9.17, 15) is 0 Å². The number of hydrogen-bond donors (Lipinski definition) is 2. The largest absolute Gasteiger partial charge is 0.396 e. The summed E-state index contributed by atoms with van der Waals surface area (Å²) in [7, 11) is 5.34. The first-order valence-electron chi connectivity index (χ1n) is 7.06. The molecule has 0 fully saturated rings. The van der Waals surface area contributed by atoms with Gasteiger partial charge < -0.3 is 15.6 Å². The second kappa shape index (κ2) is 5.84. The average molecular weight is 310 g/mol. The van der Waals surface area contributed by atoms with Crippen LogP contribution < -0.4 is 16.5 Å². The molecule has 3 rings (SSSR count). The molecule has 5 heteroatoms. The molecule has 1 aliphatic rings. The maximum atomic E-state index is 6.48. The topological polar surface area (TPSA) is 58.5 Å². The Balaban J connectivity index is 2.37. The molecule has 0 saturated carbocycles. The molecule has 22 heavy (non-hydrogen) atoms. The Bertz CT molecular complexity index is 752. The number of hydrazine groups is 1. The highest BCUT2D eigenvalue weighted by atomic mass is 31.0. The van der Waals surface area contributed by atoms with Crippen LogP contribution >= 0.6 is 8.86 Å². The van der Waals surface area contributed by atoms with Gasteiger partial charge in [-0.2, -0.15) is 0 Å². The number of fused-ring (bicyclic) bond motifs is 2. The molecule has 0 saturated heterocycles. The summed E-state index contributed by atoms with van der Waals surface area (Å²) in [6, 6.07) is 16.3. The zero-order valence-electron chi connectivity index (χ0n) is 12.5. The van der Waals surface area contributed by atoms with Crippen molar-refractivity contribution in [3.05, 3.63) is 65.2 Å². The van der Waals surface area contributed by atoms with Gasteiger partial charge in [0.25, 0.3) is 0 Å². The van der Waals surface area contributed by atoms with Gasteiger partial charge in [0.2, 0.25) is 0 Å². The molecule has 4 nitrogen and oxygen atoms in total. The number of nitrogens with zero attached hydrogens (tertiary/aromatic N) is 2. The van der Waals surface area contributed by atoms with E-state index in [4.69, 9.17) is 11.6 Å². The van der Waals surface area contributed by atoms with Gasteiger partial charge in [0.1, 0.15) is 0 Å². The van der Waals surface area contributed by atoms with Crippen molar-refractivity contribution in [2.45, 2.75) is 6.54 Å². The lowest BCUT2D eigenvalue weighted by atomic mass is 9.96. The van der Waals surface area contributed by atoms with Crippen LogP contribution in [0.2, 0.25) is 0 Å². The summed E-state index contributed by atoms with van der Waals surface area (Å²) in [6.07, 6.45) is 0. The monoisotopic (exact) mass is 310 g/mol. The molecule has 2 aromatic rings.